The molecule has 1 aromatic heterocycles. The van der Waals surface area contributed by atoms with Gasteiger partial charge in [-0.15, -0.1) is 0 Å². The van der Waals surface area contributed by atoms with Crippen molar-refractivity contribution in [2.24, 2.45) is 0 Å². The molecule has 31 heavy (non-hydrogen) atoms. The topological polar surface area (TPSA) is 72.5 Å². The number of benzene rings is 2. The maximum Gasteiger partial charge on any atom is 0.416 e. The molecule has 3 aromatic rings. The van der Waals surface area contributed by atoms with Gasteiger partial charge in [-0.1, -0.05) is 18.2 Å². The van der Waals surface area contributed by atoms with Crippen molar-refractivity contribution < 1.29 is 27.4 Å². The van der Waals surface area contributed by atoms with Crippen molar-refractivity contribution in [3.8, 4) is 11.5 Å². The number of halogens is 3. The molecule has 0 saturated carbocycles. The quantitative estimate of drug-likeness (QED) is 0.609. The summed E-state index contributed by atoms with van der Waals surface area (Å²) in [5, 5.41) is 5.76. The summed E-state index contributed by atoms with van der Waals surface area (Å²) in [6.45, 7) is 0.634. The molecule has 2 heterocycles. The van der Waals surface area contributed by atoms with Gasteiger partial charge >= 0.3 is 6.18 Å². The van der Waals surface area contributed by atoms with E-state index in [4.69, 9.17) is 9.47 Å². The monoisotopic (exact) mass is 429 g/mol. The summed E-state index contributed by atoms with van der Waals surface area (Å²) >= 11 is 0. The fourth-order valence-corrected chi connectivity index (χ4v) is 3.05. The maximum absolute atomic E-state index is 12.8. The van der Waals surface area contributed by atoms with Crippen LogP contribution in [0, 0.1) is 0 Å². The van der Waals surface area contributed by atoms with E-state index in [1.165, 1.54) is 24.4 Å². The molecule has 0 atom stereocenters. The summed E-state index contributed by atoms with van der Waals surface area (Å²) in [6.07, 6.45) is -2.94. The number of pyridine rings is 1. The Balaban J connectivity index is 1.36. The molecule has 4 rings (SSSR count). The molecule has 1 aliphatic heterocycles. The molecular weight excluding hydrogens is 411 g/mol. The molecular formula is C22H18F3N3O3. The van der Waals surface area contributed by atoms with E-state index in [1.807, 2.05) is 18.2 Å². The molecule has 2 N–H and O–H groups in total. The van der Waals surface area contributed by atoms with E-state index in [9.17, 15) is 18.0 Å². The van der Waals surface area contributed by atoms with Crippen molar-refractivity contribution >= 4 is 11.7 Å². The number of aromatic nitrogens is 1. The van der Waals surface area contributed by atoms with Gasteiger partial charge in [0.25, 0.3) is 5.91 Å². The Morgan fingerprint density at radius 3 is 2.61 bits per heavy atom. The van der Waals surface area contributed by atoms with Gasteiger partial charge in [0.05, 0.1) is 5.56 Å². The van der Waals surface area contributed by atoms with Gasteiger partial charge in [0.1, 0.15) is 5.82 Å². The number of amides is 1. The molecule has 160 valence electrons. The number of carbonyl (C=O) groups excluding carboxylic acids is 1. The Labute approximate surface area is 176 Å². The summed E-state index contributed by atoms with van der Waals surface area (Å²) < 4.78 is 49.1. The van der Waals surface area contributed by atoms with Crippen molar-refractivity contribution in [2.75, 3.05) is 12.1 Å². The van der Waals surface area contributed by atoms with Crippen LogP contribution in [-0.2, 0) is 19.3 Å². The zero-order valence-corrected chi connectivity index (χ0v) is 16.2. The smallest absolute Gasteiger partial charge is 0.416 e. The lowest BCUT2D eigenvalue weighted by Crippen LogP contribution is -2.23. The van der Waals surface area contributed by atoms with Crippen LogP contribution in [0.15, 0.2) is 60.8 Å². The number of ether oxygens (including phenoxy) is 2. The zero-order chi connectivity index (χ0) is 21.8. The molecule has 6 nitrogen and oxygen atoms in total. The minimum Gasteiger partial charge on any atom is -0.454 e. The van der Waals surface area contributed by atoms with Crippen LogP contribution in [-0.4, -0.2) is 17.7 Å². The van der Waals surface area contributed by atoms with Crippen molar-refractivity contribution in [3.05, 3.63) is 83.0 Å². The summed E-state index contributed by atoms with van der Waals surface area (Å²) in [7, 11) is 0. The third kappa shape index (κ3) is 5.06. The normalized spacial score (nSPS) is 12.5. The summed E-state index contributed by atoms with van der Waals surface area (Å²) in [5.41, 5.74) is 0.900. The van der Waals surface area contributed by atoms with Crippen LogP contribution in [0.3, 0.4) is 0 Å². The van der Waals surface area contributed by atoms with Gasteiger partial charge in [-0.3, -0.25) is 4.79 Å². The van der Waals surface area contributed by atoms with E-state index in [1.54, 1.807) is 6.07 Å². The Morgan fingerprint density at radius 2 is 1.77 bits per heavy atom. The highest BCUT2D eigenvalue weighted by molar-refractivity contribution is 5.94. The first kappa shape index (κ1) is 20.5. The largest absolute Gasteiger partial charge is 0.454 e. The standard InChI is InChI=1S/C22H18F3N3O3/c23-22(24,25)17-3-1-2-14(8-17)12-28-21(29)16-6-7-26-20(10-16)27-11-15-4-5-18-19(9-15)31-13-30-18/h1-10H,11-13H2,(H,26,27)(H,28,29). The molecule has 1 amide bonds. The Bertz CT molecular complexity index is 1100. The van der Waals surface area contributed by atoms with Crippen molar-refractivity contribution in [2.45, 2.75) is 19.3 Å². The van der Waals surface area contributed by atoms with E-state index < -0.39 is 17.6 Å². The lowest BCUT2D eigenvalue weighted by Gasteiger charge is -2.11. The van der Waals surface area contributed by atoms with Crippen molar-refractivity contribution in [3.63, 3.8) is 0 Å². The second-order valence-corrected chi connectivity index (χ2v) is 6.85. The van der Waals surface area contributed by atoms with Crippen LogP contribution in [0.1, 0.15) is 27.0 Å². The van der Waals surface area contributed by atoms with Gasteiger partial charge in [0.2, 0.25) is 6.79 Å². The van der Waals surface area contributed by atoms with Gasteiger partial charge in [-0.05, 0) is 47.5 Å². The summed E-state index contributed by atoms with van der Waals surface area (Å²) in [5.74, 6) is 1.45. The highest BCUT2D eigenvalue weighted by Gasteiger charge is 2.30. The minimum absolute atomic E-state index is 0.0228. The number of carbonyl (C=O) groups is 1. The number of rotatable bonds is 6. The van der Waals surface area contributed by atoms with E-state index in [0.717, 1.165) is 17.7 Å². The maximum atomic E-state index is 12.8. The second-order valence-electron chi connectivity index (χ2n) is 6.85. The fourth-order valence-electron chi connectivity index (χ4n) is 3.05. The molecule has 0 spiro atoms. The van der Waals surface area contributed by atoms with E-state index >= 15 is 0 Å². The first-order valence-corrected chi connectivity index (χ1v) is 9.41. The van der Waals surface area contributed by atoms with Gasteiger partial charge in [-0.2, -0.15) is 13.2 Å². The number of nitrogens with zero attached hydrogens (tertiary/aromatic N) is 1. The molecule has 0 aliphatic carbocycles. The zero-order valence-electron chi connectivity index (χ0n) is 16.2. The average Bonchev–Trinajstić information content (AvgIpc) is 3.24. The van der Waals surface area contributed by atoms with Gasteiger partial charge in [0, 0.05) is 24.8 Å². The predicted molar refractivity (Wildman–Crippen MR) is 107 cm³/mol. The molecule has 9 heteroatoms. The number of nitrogens with one attached hydrogen (secondary N) is 2. The summed E-state index contributed by atoms with van der Waals surface area (Å²) in [4.78, 5) is 16.6. The second kappa shape index (κ2) is 8.55. The molecule has 0 fully saturated rings. The Kier molecular flexibility index (Phi) is 5.66. The van der Waals surface area contributed by atoms with Gasteiger partial charge < -0.3 is 20.1 Å². The molecule has 2 aromatic carbocycles. The molecule has 0 bridgehead atoms. The lowest BCUT2D eigenvalue weighted by molar-refractivity contribution is -0.137. The molecule has 0 radical (unpaired) electrons. The first-order valence-electron chi connectivity index (χ1n) is 9.41. The highest BCUT2D eigenvalue weighted by Crippen LogP contribution is 2.32. The number of anilines is 1. The van der Waals surface area contributed by atoms with Crippen LogP contribution >= 0.6 is 0 Å². The van der Waals surface area contributed by atoms with Crippen LogP contribution in [0.2, 0.25) is 0 Å². The predicted octanol–water partition coefficient (Wildman–Crippen LogP) is 4.37. The minimum atomic E-state index is -4.43. The van der Waals surface area contributed by atoms with E-state index in [2.05, 4.69) is 15.6 Å². The van der Waals surface area contributed by atoms with E-state index in [-0.39, 0.29) is 13.3 Å². The number of hydrogen-bond donors (Lipinski definition) is 2. The third-order valence-corrected chi connectivity index (χ3v) is 4.64. The van der Waals surface area contributed by atoms with Crippen LogP contribution in [0.4, 0.5) is 19.0 Å². The summed E-state index contributed by atoms with van der Waals surface area (Å²) in [6, 6.07) is 13.5. The molecule has 0 saturated heterocycles. The van der Waals surface area contributed by atoms with Crippen LogP contribution < -0.4 is 20.1 Å². The van der Waals surface area contributed by atoms with Crippen molar-refractivity contribution in [1.29, 1.82) is 0 Å². The number of alkyl halides is 3. The van der Waals surface area contributed by atoms with E-state index in [0.29, 0.717) is 35.0 Å². The first-order chi connectivity index (χ1) is 14.9. The van der Waals surface area contributed by atoms with Crippen LogP contribution in [0.25, 0.3) is 0 Å². The lowest BCUT2D eigenvalue weighted by atomic mass is 10.1. The highest BCUT2D eigenvalue weighted by atomic mass is 19.4. The van der Waals surface area contributed by atoms with Gasteiger partial charge in [0.15, 0.2) is 11.5 Å². The Morgan fingerprint density at radius 1 is 0.968 bits per heavy atom. The van der Waals surface area contributed by atoms with Crippen molar-refractivity contribution in [1.82, 2.24) is 10.3 Å². The SMILES string of the molecule is O=C(NCc1cccc(C(F)(F)F)c1)c1ccnc(NCc2ccc3c(c2)OCO3)c1. The number of hydrogen-bond acceptors (Lipinski definition) is 5. The Hall–Kier alpha value is -3.75. The molecule has 0 unspecified atom stereocenters. The average molecular weight is 429 g/mol. The van der Waals surface area contributed by atoms with Crippen LogP contribution in [0.5, 0.6) is 11.5 Å². The molecule has 1 aliphatic rings. The number of fused-ring (bicyclic) bond motifs is 1. The fraction of sp³-hybridized carbons (Fsp3) is 0.182. The van der Waals surface area contributed by atoms with Gasteiger partial charge in [-0.25, -0.2) is 4.98 Å². The third-order valence-electron chi connectivity index (χ3n) is 4.64.